The summed E-state index contributed by atoms with van der Waals surface area (Å²) in [4.78, 5) is 21.9. The first-order chi connectivity index (χ1) is 6.54. The number of hydrogen-bond donors (Lipinski definition) is 1. The molecule has 5 heteroatoms. The van der Waals surface area contributed by atoms with E-state index in [2.05, 4.69) is 15.9 Å². The van der Waals surface area contributed by atoms with Crippen molar-refractivity contribution in [3.63, 3.8) is 0 Å². The third-order valence-electron chi connectivity index (χ3n) is 2.45. The molecule has 14 heavy (non-hydrogen) atoms. The average Bonchev–Trinajstić information content (AvgIpc) is 2.45. The highest BCUT2D eigenvalue weighted by molar-refractivity contribution is 9.10. The van der Waals surface area contributed by atoms with E-state index in [1.807, 2.05) is 0 Å². The molecule has 1 aromatic heterocycles. The molecule has 1 aliphatic rings. The van der Waals surface area contributed by atoms with Gasteiger partial charge in [-0.3, -0.25) is 9.59 Å². The Balaban J connectivity index is 2.38. The largest absolute Gasteiger partial charge is 0.480 e. The number of hydrogen-bond acceptors (Lipinski definition) is 3. The zero-order chi connectivity index (χ0) is 10.3. The Kier molecular flexibility index (Phi) is 1.99. The first kappa shape index (κ1) is 9.45. The molecule has 1 saturated carbocycles. The Morgan fingerprint density at radius 3 is 2.50 bits per heavy atom. The lowest BCUT2D eigenvalue weighted by atomic mass is 9.66. The fraction of sp³-hybridized carbons (Fsp3) is 0.333. The van der Waals surface area contributed by atoms with Crippen LogP contribution in [0.1, 0.15) is 18.6 Å². The molecule has 0 saturated heterocycles. The van der Waals surface area contributed by atoms with E-state index in [1.54, 1.807) is 12.1 Å². The maximum Gasteiger partial charge on any atom is 0.318 e. The second-order valence-corrected chi connectivity index (χ2v) is 4.16. The maximum absolute atomic E-state index is 11.0. The van der Waals surface area contributed by atoms with Gasteiger partial charge in [0, 0.05) is 12.8 Å². The van der Waals surface area contributed by atoms with Gasteiger partial charge < -0.3 is 9.52 Å². The number of ketones is 1. The third-order valence-corrected chi connectivity index (χ3v) is 2.88. The Labute approximate surface area is 88.0 Å². The zero-order valence-electron chi connectivity index (χ0n) is 7.12. The van der Waals surface area contributed by atoms with Gasteiger partial charge in [0.25, 0.3) is 0 Å². The molecule has 74 valence electrons. The number of aliphatic carboxylic acids is 1. The van der Waals surface area contributed by atoms with E-state index < -0.39 is 11.4 Å². The number of Topliss-reactive ketones (excluding diaryl/α,β-unsaturated/α-hetero) is 1. The van der Waals surface area contributed by atoms with Crippen LogP contribution < -0.4 is 0 Å². The van der Waals surface area contributed by atoms with E-state index >= 15 is 0 Å². The number of carbonyl (C=O) groups is 2. The van der Waals surface area contributed by atoms with Gasteiger partial charge in [-0.1, -0.05) is 0 Å². The summed E-state index contributed by atoms with van der Waals surface area (Å²) in [6, 6.07) is 3.22. The SMILES string of the molecule is O=C1CC(C(=O)O)(c2ccc(Br)o2)C1. The smallest absolute Gasteiger partial charge is 0.318 e. The van der Waals surface area contributed by atoms with E-state index in [-0.39, 0.29) is 18.6 Å². The summed E-state index contributed by atoms with van der Waals surface area (Å²) in [5.41, 5.74) is -1.12. The van der Waals surface area contributed by atoms with Crippen LogP contribution >= 0.6 is 15.9 Å². The summed E-state index contributed by atoms with van der Waals surface area (Å²) in [6.45, 7) is 0. The van der Waals surface area contributed by atoms with Crippen LogP contribution in [-0.4, -0.2) is 16.9 Å². The molecule has 2 rings (SSSR count). The number of carboxylic acids is 1. The van der Waals surface area contributed by atoms with Gasteiger partial charge in [-0.2, -0.15) is 0 Å². The van der Waals surface area contributed by atoms with Gasteiger partial charge in [-0.15, -0.1) is 0 Å². The van der Waals surface area contributed by atoms with E-state index in [0.717, 1.165) is 0 Å². The van der Waals surface area contributed by atoms with Gasteiger partial charge in [0.05, 0.1) is 0 Å². The zero-order valence-corrected chi connectivity index (χ0v) is 8.70. The van der Waals surface area contributed by atoms with Crippen molar-refractivity contribution >= 4 is 27.7 Å². The highest BCUT2D eigenvalue weighted by Gasteiger charge is 2.53. The molecule has 1 aliphatic carbocycles. The number of carboxylic acid groups (broad SMARTS) is 1. The van der Waals surface area contributed by atoms with Crippen molar-refractivity contribution in [1.82, 2.24) is 0 Å². The Hall–Kier alpha value is -1.10. The van der Waals surface area contributed by atoms with Gasteiger partial charge in [0.2, 0.25) is 0 Å². The summed E-state index contributed by atoms with van der Waals surface area (Å²) >= 11 is 3.10. The normalized spacial score (nSPS) is 19.1. The molecular weight excluding hydrogens is 252 g/mol. The van der Waals surface area contributed by atoms with Crippen molar-refractivity contribution < 1.29 is 19.1 Å². The number of rotatable bonds is 2. The van der Waals surface area contributed by atoms with E-state index in [1.165, 1.54) is 0 Å². The first-order valence-corrected chi connectivity index (χ1v) is 4.85. The minimum Gasteiger partial charge on any atom is -0.480 e. The van der Waals surface area contributed by atoms with Crippen LogP contribution in [0.5, 0.6) is 0 Å². The quantitative estimate of drug-likeness (QED) is 0.878. The second kappa shape index (κ2) is 2.95. The molecule has 1 N–H and O–H groups in total. The van der Waals surface area contributed by atoms with Crippen molar-refractivity contribution in [2.75, 3.05) is 0 Å². The van der Waals surface area contributed by atoms with E-state index in [4.69, 9.17) is 9.52 Å². The predicted octanol–water partition coefficient (Wildman–Crippen LogP) is 1.73. The lowest BCUT2D eigenvalue weighted by Gasteiger charge is -2.33. The van der Waals surface area contributed by atoms with Gasteiger partial charge in [-0.25, -0.2) is 0 Å². The van der Waals surface area contributed by atoms with Crippen LogP contribution in [0.3, 0.4) is 0 Å². The number of furan rings is 1. The standard InChI is InChI=1S/C9H7BrO4/c10-7-2-1-6(14-7)9(8(12)13)3-5(11)4-9/h1-2H,3-4H2,(H,12,13). The summed E-state index contributed by atoms with van der Waals surface area (Å²) in [5.74, 6) is -0.699. The lowest BCUT2D eigenvalue weighted by Crippen LogP contribution is -2.48. The van der Waals surface area contributed by atoms with Crippen molar-refractivity contribution in [3.8, 4) is 0 Å². The van der Waals surface area contributed by atoms with E-state index in [0.29, 0.717) is 10.4 Å². The molecule has 0 aliphatic heterocycles. The minimum atomic E-state index is -1.12. The van der Waals surface area contributed by atoms with Crippen LogP contribution in [0.25, 0.3) is 0 Å². The van der Waals surface area contributed by atoms with Gasteiger partial charge >= 0.3 is 5.97 Å². The van der Waals surface area contributed by atoms with Crippen molar-refractivity contribution in [2.24, 2.45) is 0 Å². The monoisotopic (exact) mass is 258 g/mol. The number of halogens is 1. The summed E-state index contributed by atoms with van der Waals surface area (Å²) in [6.07, 6.45) is 0.0601. The van der Waals surface area contributed by atoms with E-state index in [9.17, 15) is 9.59 Å². The topological polar surface area (TPSA) is 67.5 Å². The average molecular weight is 259 g/mol. The molecule has 4 nitrogen and oxygen atoms in total. The first-order valence-electron chi connectivity index (χ1n) is 4.05. The van der Waals surface area contributed by atoms with Crippen molar-refractivity contribution in [2.45, 2.75) is 18.3 Å². The molecule has 0 atom stereocenters. The molecule has 0 aromatic carbocycles. The van der Waals surface area contributed by atoms with Gasteiger partial charge in [0.15, 0.2) is 4.67 Å². The van der Waals surface area contributed by atoms with Gasteiger partial charge in [-0.05, 0) is 28.1 Å². The fourth-order valence-electron chi connectivity index (χ4n) is 1.62. The number of carbonyl (C=O) groups excluding carboxylic acids is 1. The summed E-state index contributed by atoms with van der Waals surface area (Å²) in [7, 11) is 0. The minimum absolute atomic E-state index is 0.0300. The molecule has 0 unspecified atom stereocenters. The summed E-state index contributed by atoms with van der Waals surface area (Å²) in [5, 5.41) is 9.04. The van der Waals surface area contributed by atoms with Crippen LogP contribution in [0, 0.1) is 0 Å². The second-order valence-electron chi connectivity index (χ2n) is 3.38. The molecule has 0 radical (unpaired) electrons. The van der Waals surface area contributed by atoms with Crippen LogP contribution in [0.4, 0.5) is 0 Å². The lowest BCUT2D eigenvalue weighted by molar-refractivity contribution is -0.154. The molecule has 1 heterocycles. The highest BCUT2D eigenvalue weighted by atomic mass is 79.9. The molecule has 1 fully saturated rings. The fourth-order valence-corrected chi connectivity index (χ4v) is 1.93. The molecule has 0 amide bonds. The highest BCUT2D eigenvalue weighted by Crippen LogP contribution is 2.42. The van der Waals surface area contributed by atoms with Crippen molar-refractivity contribution in [3.05, 3.63) is 22.6 Å². The van der Waals surface area contributed by atoms with Gasteiger partial charge in [0.1, 0.15) is 17.0 Å². The Bertz CT molecular complexity index is 399. The van der Waals surface area contributed by atoms with Crippen LogP contribution in [0.2, 0.25) is 0 Å². The maximum atomic E-state index is 11.0. The summed E-state index contributed by atoms with van der Waals surface area (Å²) < 4.78 is 5.66. The molecular formula is C9H7BrO4. The molecule has 1 aromatic rings. The van der Waals surface area contributed by atoms with Crippen LogP contribution in [-0.2, 0) is 15.0 Å². The third kappa shape index (κ3) is 1.19. The van der Waals surface area contributed by atoms with Crippen LogP contribution in [0.15, 0.2) is 21.2 Å². The molecule has 0 bridgehead atoms. The Morgan fingerprint density at radius 2 is 2.14 bits per heavy atom. The van der Waals surface area contributed by atoms with Crippen molar-refractivity contribution in [1.29, 1.82) is 0 Å². The molecule has 0 spiro atoms. The predicted molar refractivity (Wildman–Crippen MR) is 50.0 cm³/mol. The Morgan fingerprint density at radius 1 is 1.50 bits per heavy atom.